The average molecular weight is 259 g/mol. The molecule has 0 fully saturated rings. The lowest BCUT2D eigenvalue weighted by Crippen LogP contribution is -2.29. The summed E-state index contributed by atoms with van der Waals surface area (Å²) in [6.45, 7) is 3.34. The van der Waals surface area contributed by atoms with E-state index in [9.17, 15) is 4.79 Å². The van der Waals surface area contributed by atoms with E-state index in [1.165, 1.54) is 0 Å². The van der Waals surface area contributed by atoms with Crippen molar-refractivity contribution < 1.29 is 9.53 Å². The molecule has 0 radical (unpaired) electrons. The van der Waals surface area contributed by atoms with E-state index in [1.807, 2.05) is 13.0 Å². The van der Waals surface area contributed by atoms with Gasteiger partial charge in [0.05, 0.1) is 6.61 Å². The second-order valence-corrected chi connectivity index (χ2v) is 3.99. The molecule has 0 unspecified atom stereocenters. The molecule has 0 spiro atoms. The van der Waals surface area contributed by atoms with Crippen LogP contribution >= 0.6 is 0 Å². The lowest BCUT2D eigenvalue weighted by atomic mass is 10.1. The molecule has 5 nitrogen and oxygen atoms in total. The van der Waals surface area contributed by atoms with Crippen LogP contribution in [0.3, 0.4) is 0 Å². The first kappa shape index (κ1) is 13.3. The summed E-state index contributed by atoms with van der Waals surface area (Å²) in [6, 6.07) is 7.19. The van der Waals surface area contributed by atoms with Crippen molar-refractivity contribution in [3.05, 3.63) is 36.0 Å². The smallest absolute Gasteiger partial charge is 0.252 e. The highest BCUT2D eigenvalue weighted by molar-refractivity contribution is 6.07. The highest BCUT2D eigenvalue weighted by Gasteiger charge is 2.13. The fraction of sp³-hybridized carbons (Fsp3) is 0.286. The third-order valence-electron chi connectivity index (χ3n) is 2.71. The maximum Gasteiger partial charge on any atom is 0.252 e. The quantitative estimate of drug-likeness (QED) is 0.849. The van der Waals surface area contributed by atoms with Crippen LogP contribution in [0, 0.1) is 0 Å². The van der Waals surface area contributed by atoms with Crippen molar-refractivity contribution in [1.29, 1.82) is 0 Å². The summed E-state index contributed by atoms with van der Waals surface area (Å²) in [5.41, 5.74) is 6.67. The van der Waals surface area contributed by atoms with E-state index < -0.39 is 0 Å². The molecule has 5 heteroatoms. The molecule has 0 bridgehead atoms. The Morgan fingerprint density at radius 1 is 1.42 bits per heavy atom. The minimum atomic E-state index is -0.147. The topological polar surface area (TPSA) is 77.2 Å². The average Bonchev–Trinajstić information content (AvgIpc) is 2.45. The number of carbonyl (C=O) groups excluding carboxylic acids is 1. The van der Waals surface area contributed by atoms with Gasteiger partial charge < -0.3 is 15.8 Å². The van der Waals surface area contributed by atoms with E-state index in [0.29, 0.717) is 36.5 Å². The van der Waals surface area contributed by atoms with Crippen LogP contribution in [-0.4, -0.2) is 30.6 Å². The molecule has 1 heterocycles. The van der Waals surface area contributed by atoms with Crippen LogP contribution < -0.4 is 15.8 Å². The van der Waals surface area contributed by atoms with Gasteiger partial charge in [-0.05, 0) is 25.1 Å². The Kier molecular flexibility index (Phi) is 4.30. The number of nitrogens with one attached hydrogen (secondary N) is 1. The van der Waals surface area contributed by atoms with Gasteiger partial charge in [-0.15, -0.1) is 0 Å². The number of pyridine rings is 1. The summed E-state index contributed by atoms with van der Waals surface area (Å²) >= 11 is 0. The summed E-state index contributed by atoms with van der Waals surface area (Å²) < 4.78 is 5.52. The lowest BCUT2D eigenvalue weighted by Gasteiger charge is -2.10. The first-order valence-corrected chi connectivity index (χ1v) is 6.26. The van der Waals surface area contributed by atoms with Gasteiger partial charge in [-0.25, -0.2) is 0 Å². The molecule has 3 N–H and O–H groups in total. The maximum absolute atomic E-state index is 12.1. The number of hydrogen-bond donors (Lipinski definition) is 2. The molecule has 19 heavy (non-hydrogen) atoms. The Balaban J connectivity index is 2.46. The molecule has 1 aromatic heterocycles. The van der Waals surface area contributed by atoms with Gasteiger partial charge in [0.1, 0.15) is 11.3 Å². The zero-order chi connectivity index (χ0) is 13.7. The number of nitrogens with two attached hydrogens (primary N) is 1. The van der Waals surface area contributed by atoms with E-state index in [-0.39, 0.29) is 5.91 Å². The second kappa shape index (κ2) is 6.15. The molecule has 2 rings (SSSR count). The van der Waals surface area contributed by atoms with Gasteiger partial charge in [0.25, 0.3) is 5.91 Å². The first-order chi connectivity index (χ1) is 9.27. The van der Waals surface area contributed by atoms with E-state index in [1.54, 1.807) is 24.4 Å². The normalized spacial score (nSPS) is 10.4. The van der Waals surface area contributed by atoms with Crippen LogP contribution in [0.1, 0.15) is 17.3 Å². The fourth-order valence-electron chi connectivity index (χ4n) is 1.90. The lowest BCUT2D eigenvalue weighted by molar-refractivity contribution is 0.0956. The highest BCUT2D eigenvalue weighted by atomic mass is 16.5. The van der Waals surface area contributed by atoms with Crippen molar-refractivity contribution in [2.45, 2.75) is 6.92 Å². The van der Waals surface area contributed by atoms with E-state index in [2.05, 4.69) is 10.3 Å². The third kappa shape index (κ3) is 2.82. The Labute approximate surface area is 111 Å². The number of rotatable bonds is 5. The first-order valence-electron chi connectivity index (χ1n) is 6.26. The highest BCUT2D eigenvalue weighted by Crippen LogP contribution is 2.26. The molecule has 100 valence electrons. The number of hydrogen-bond acceptors (Lipinski definition) is 4. The number of nitrogens with zero attached hydrogens (tertiary/aromatic N) is 1. The molecular weight excluding hydrogens is 242 g/mol. The Morgan fingerprint density at radius 2 is 2.26 bits per heavy atom. The Hall–Kier alpha value is -2.14. The van der Waals surface area contributed by atoms with Crippen LogP contribution in [-0.2, 0) is 0 Å². The zero-order valence-electron chi connectivity index (χ0n) is 10.8. The fourth-order valence-corrected chi connectivity index (χ4v) is 1.90. The predicted molar refractivity (Wildman–Crippen MR) is 74.3 cm³/mol. The molecule has 0 aliphatic carbocycles. The van der Waals surface area contributed by atoms with Crippen LogP contribution in [0.25, 0.3) is 10.9 Å². The minimum absolute atomic E-state index is 0.147. The monoisotopic (exact) mass is 259 g/mol. The largest absolute Gasteiger partial charge is 0.492 e. The van der Waals surface area contributed by atoms with Crippen LogP contribution in [0.4, 0.5) is 0 Å². The van der Waals surface area contributed by atoms with Crippen LogP contribution in [0.5, 0.6) is 5.75 Å². The molecule has 1 aromatic carbocycles. The molecule has 0 saturated carbocycles. The molecule has 0 aliphatic heterocycles. The predicted octanol–water partition coefficient (Wildman–Crippen LogP) is 1.32. The van der Waals surface area contributed by atoms with Gasteiger partial charge >= 0.3 is 0 Å². The standard InChI is InChI=1S/C14H17N3O2/c1-2-19-12-6-5-11(14(18)17-9-7-15)10-4-3-8-16-13(10)12/h3-6,8H,2,7,9,15H2,1H3,(H,17,18). The summed E-state index contributed by atoms with van der Waals surface area (Å²) in [7, 11) is 0. The van der Waals surface area contributed by atoms with Crippen LogP contribution in [0.2, 0.25) is 0 Å². The van der Waals surface area contributed by atoms with E-state index in [4.69, 9.17) is 10.5 Å². The SMILES string of the molecule is CCOc1ccc(C(=O)NCCN)c2cccnc12. The van der Waals surface area contributed by atoms with Gasteiger partial charge in [0, 0.05) is 30.2 Å². The molecule has 0 saturated heterocycles. The minimum Gasteiger partial charge on any atom is -0.492 e. The Morgan fingerprint density at radius 3 is 3.00 bits per heavy atom. The van der Waals surface area contributed by atoms with Gasteiger partial charge in [-0.2, -0.15) is 0 Å². The maximum atomic E-state index is 12.1. The van der Waals surface area contributed by atoms with Crippen molar-refractivity contribution >= 4 is 16.8 Å². The zero-order valence-corrected chi connectivity index (χ0v) is 10.8. The van der Waals surface area contributed by atoms with Gasteiger partial charge in [-0.1, -0.05) is 6.07 Å². The molecular formula is C14H17N3O2. The second-order valence-electron chi connectivity index (χ2n) is 3.99. The molecule has 0 aliphatic rings. The summed E-state index contributed by atoms with van der Waals surface area (Å²) in [4.78, 5) is 16.3. The van der Waals surface area contributed by atoms with Crippen molar-refractivity contribution in [3.63, 3.8) is 0 Å². The van der Waals surface area contributed by atoms with Crippen molar-refractivity contribution in [3.8, 4) is 5.75 Å². The number of ether oxygens (including phenoxy) is 1. The number of aromatic nitrogens is 1. The number of benzene rings is 1. The molecule has 1 amide bonds. The van der Waals surface area contributed by atoms with E-state index >= 15 is 0 Å². The summed E-state index contributed by atoms with van der Waals surface area (Å²) in [5, 5.41) is 3.54. The van der Waals surface area contributed by atoms with E-state index in [0.717, 1.165) is 5.39 Å². The van der Waals surface area contributed by atoms with Crippen molar-refractivity contribution in [2.75, 3.05) is 19.7 Å². The Bertz CT molecular complexity index is 584. The number of amides is 1. The van der Waals surface area contributed by atoms with Gasteiger partial charge in [0.2, 0.25) is 0 Å². The number of fused-ring (bicyclic) bond motifs is 1. The molecule has 2 aromatic rings. The van der Waals surface area contributed by atoms with Crippen LogP contribution in [0.15, 0.2) is 30.5 Å². The van der Waals surface area contributed by atoms with Crippen molar-refractivity contribution in [1.82, 2.24) is 10.3 Å². The number of carbonyl (C=O) groups is 1. The van der Waals surface area contributed by atoms with Gasteiger partial charge in [0.15, 0.2) is 0 Å². The van der Waals surface area contributed by atoms with Crippen molar-refractivity contribution in [2.24, 2.45) is 5.73 Å². The summed E-state index contributed by atoms with van der Waals surface area (Å²) in [5.74, 6) is 0.542. The molecule has 0 atom stereocenters. The summed E-state index contributed by atoms with van der Waals surface area (Å²) in [6.07, 6.45) is 1.69. The van der Waals surface area contributed by atoms with Gasteiger partial charge in [-0.3, -0.25) is 9.78 Å². The third-order valence-corrected chi connectivity index (χ3v) is 2.71.